The highest BCUT2D eigenvalue weighted by Gasteiger charge is 2.27. The number of phenolic OH excluding ortho intramolecular Hbond substituents is 2. The molecule has 0 amide bonds. The van der Waals surface area contributed by atoms with Gasteiger partial charge in [-0.1, -0.05) is 36.3 Å². The number of hydrogen-bond acceptors (Lipinski definition) is 8. The smallest absolute Gasteiger partial charge is 0.197 e. The molecule has 8 nitrogen and oxygen atoms in total. The van der Waals surface area contributed by atoms with E-state index < -0.39 is 23.8 Å². The van der Waals surface area contributed by atoms with Crippen LogP contribution in [0.4, 0.5) is 0 Å². The fourth-order valence-corrected chi connectivity index (χ4v) is 6.99. The van der Waals surface area contributed by atoms with Gasteiger partial charge in [-0.25, -0.2) is 0 Å². The molecule has 0 fully saturated rings. The normalized spacial score (nSPS) is 13.7. The van der Waals surface area contributed by atoms with Crippen LogP contribution in [-0.2, 0) is 0 Å². The molecule has 4 N–H and O–H groups in total. The number of phenols is 2. The van der Waals surface area contributed by atoms with Gasteiger partial charge in [-0.3, -0.25) is 9.59 Å². The Labute approximate surface area is 301 Å². The Morgan fingerprint density at radius 3 is 1.57 bits per heavy atom. The fraction of sp³-hybridized carbons (Fsp3) is 0.118. The van der Waals surface area contributed by atoms with Crippen LogP contribution in [-0.4, -0.2) is 32.0 Å². The first-order valence-electron chi connectivity index (χ1n) is 15.3. The maximum Gasteiger partial charge on any atom is 0.197 e. The van der Waals surface area contributed by atoms with Crippen molar-refractivity contribution in [3.63, 3.8) is 0 Å². The van der Waals surface area contributed by atoms with Crippen LogP contribution >= 0.6 is 63.7 Å². The maximum atomic E-state index is 13.1. The summed E-state index contributed by atoms with van der Waals surface area (Å²) in [5.74, 6) is -0.891. The predicted molar refractivity (Wildman–Crippen MR) is 188 cm³/mol. The van der Waals surface area contributed by atoms with Crippen LogP contribution in [0.5, 0.6) is 11.5 Å². The molecule has 0 saturated heterocycles. The first kappa shape index (κ1) is 28.9. The summed E-state index contributed by atoms with van der Waals surface area (Å²) >= 11 is 12.7. The topological polar surface area (TPSA) is 141 Å². The molecule has 2 aromatic heterocycles. The number of hydrogen-bond donors (Lipinski definition) is 4. The van der Waals surface area contributed by atoms with Crippen molar-refractivity contribution in [1.29, 1.82) is 0 Å². The molecule has 236 valence electrons. The van der Waals surface area contributed by atoms with Crippen LogP contribution in [0.2, 0.25) is 0 Å². The second kappa shape index (κ2) is 13.8. The minimum atomic E-state index is -1.07. The molecule has 46 heavy (non-hydrogen) atoms. The zero-order valence-corrected chi connectivity index (χ0v) is 30.1. The average molecular weight is 884 g/mol. The third-order valence-electron chi connectivity index (χ3n) is 6.73. The van der Waals surface area contributed by atoms with E-state index >= 15 is 0 Å². The van der Waals surface area contributed by atoms with Crippen molar-refractivity contribution < 1.29 is 44.3 Å². The lowest BCUT2D eigenvalue weighted by Gasteiger charge is -2.07. The van der Waals surface area contributed by atoms with Gasteiger partial charge in [-0.05, 0) is 114 Å². The number of halogens is 4. The van der Waals surface area contributed by atoms with Crippen molar-refractivity contribution in [2.24, 2.45) is 0 Å². The molecule has 0 bridgehead atoms. The van der Waals surface area contributed by atoms with Crippen molar-refractivity contribution in [1.82, 2.24) is 0 Å². The Morgan fingerprint density at radius 1 is 0.674 bits per heavy atom. The second-order valence-corrected chi connectivity index (χ2v) is 13.4. The molecule has 4 aromatic carbocycles. The lowest BCUT2D eigenvalue weighted by atomic mass is 9.98. The molecule has 2 heterocycles. The fourth-order valence-electron chi connectivity index (χ4n) is 4.61. The highest BCUT2D eigenvalue weighted by Crippen LogP contribution is 2.38. The van der Waals surface area contributed by atoms with Gasteiger partial charge in [-0.15, -0.1) is 0 Å². The molecular formula is C34H24Br4O8. The highest BCUT2D eigenvalue weighted by molar-refractivity contribution is 9.11. The van der Waals surface area contributed by atoms with E-state index in [-0.39, 0.29) is 86.0 Å². The molecule has 2 atom stereocenters. The van der Waals surface area contributed by atoms with Gasteiger partial charge in [0.05, 0.1) is 34.5 Å². The number of fused-ring (bicyclic) bond motifs is 2. The summed E-state index contributed by atoms with van der Waals surface area (Å²) < 4.78 is 44.0. The molecule has 0 saturated carbocycles. The Balaban J connectivity index is 0.000000194. The predicted octanol–water partition coefficient (Wildman–Crippen LogP) is 9.90. The molecule has 12 heteroatoms. The van der Waals surface area contributed by atoms with E-state index in [4.69, 9.17) is 14.3 Å². The highest BCUT2D eigenvalue weighted by atomic mass is 79.9. The van der Waals surface area contributed by atoms with E-state index in [1.54, 1.807) is 0 Å². The third-order valence-corrected chi connectivity index (χ3v) is 9.15. The van der Waals surface area contributed by atoms with Gasteiger partial charge in [0.25, 0.3) is 0 Å². The van der Waals surface area contributed by atoms with E-state index in [2.05, 4.69) is 63.7 Å². The number of ketones is 2. The number of aliphatic hydroxyl groups is 2. The Morgan fingerprint density at radius 2 is 1.09 bits per heavy atom. The second-order valence-electron chi connectivity index (χ2n) is 9.95. The zero-order valence-electron chi connectivity index (χ0n) is 27.7. The first-order valence-corrected chi connectivity index (χ1v) is 16.5. The lowest BCUT2D eigenvalue weighted by molar-refractivity contribution is 0.102. The molecule has 0 spiro atoms. The monoisotopic (exact) mass is 880 g/mol. The van der Waals surface area contributed by atoms with Crippen LogP contribution in [0.15, 0.2) is 99.4 Å². The molecule has 6 rings (SSSR count). The van der Waals surface area contributed by atoms with Crippen LogP contribution in [0.3, 0.4) is 0 Å². The Kier molecular flexibility index (Phi) is 8.70. The van der Waals surface area contributed by atoms with Gasteiger partial charge in [-0.2, -0.15) is 0 Å². The lowest BCUT2D eigenvalue weighted by Crippen LogP contribution is -2.06. The molecular weight excluding hydrogens is 856 g/mol. The first-order chi connectivity index (χ1) is 23.4. The summed E-state index contributed by atoms with van der Waals surface area (Å²) in [6.07, 6.45) is -2.13. The number of carbonyl (C=O) groups excluding carboxylic acids is 2. The van der Waals surface area contributed by atoms with Gasteiger partial charge in [0.1, 0.15) is 46.4 Å². The Bertz CT molecular complexity index is 2300. The number of carbonyl (C=O) groups is 2. The van der Waals surface area contributed by atoms with Crippen LogP contribution in [0.25, 0.3) is 21.9 Å². The van der Waals surface area contributed by atoms with E-state index in [1.165, 1.54) is 62.4 Å². The van der Waals surface area contributed by atoms with Crippen molar-refractivity contribution in [2.75, 3.05) is 0 Å². The maximum absolute atomic E-state index is 13.1. The van der Waals surface area contributed by atoms with Crippen LogP contribution in [0, 0.1) is 0 Å². The van der Waals surface area contributed by atoms with Crippen molar-refractivity contribution in [3.05, 3.63) is 124 Å². The summed E-state index contributed by atoms with van der Waals surface area (Å²) in [5, 5.41) is 40.2. The van der Waals surface area contributed by atoms with Gasteiger partial charge in [0.2, 0.25) is 0 Å². The van der Waals surface area contributed by atoms with Crippen LogP contribution < -0.4 is 0 Å². The summed E-state index contributed by atoms with van der Waals surface area (Å²) in [5.41, 5.74) is 1.04. The largest absolute Gasteiger partial charge is 0.506 e. The van der Waals surface area contributed by atoms with Crippen LogP contribution in [0.1, 0.15) is 74.9 Å². The summed E-state index contributed by atoms with van der Waals surface area (Å²) in [6, 6.07) is 11.4. The van der Waals surface area contributed by atoms with Crippen molar-refractivity contribution in [3.8, 4) is 11.5 Å². The van der Waals surface area contributed by atoms with Crippen molar-refractivity contribution in [2.45, 2.75) is 26.1 Å². The van der Waals surface area contributed by atoms with Crippen molar-refractivity contribution >= 4 is 97.2 Å². The molecule has 0 aliphatic rings. The number of furan rings is 2. The molecule has 0 aliphatic carbocycles. The quantitative estimate of drug-likeness (QED) is 0.121. The number of benzene rings is 4. The van der Waals surface area contributed by atoms with E-state index in [0.29, 0.717) is 23.3 Å². The van der Waals surface area contributed by atoms with E-state index in [9.17, 15) is 30.0 Å². The number of para-hydroxylation sites is 2. The SMILES string of the molecule is [2H]c1cc([2H])c2c(C(=O)c3cc(Br)c(O)c(Br)c3)c(C(C)O)oc2c1.[2H]c1cc([2H])c2oc(C(C)O)c(C(=O)c3cc(Br)c(O)c(Br)c3)c2c1. The van der Waals surface area contributed by atoms with E-state index in [0.717, 1.165) is 0 Å². The summed E-state index contributed by atoms with van der Waals surface area (Å²) in [6.45, 7) is 2.92. The standard InChI is InChI=1S/2C17H12Br2O4/c2*1-8(20)17-14(10-4-2-3-5-13(10)23-17)15(21)9-6-11(18)16(22)12(19)7-9/h2*2-8,20,22H,1H3/i3D,4D;2D,5D. The van der Waals surface area contributed by atoms with Gasteiger partial charge < -0.3 is 29.3 Å². The van der Waals surface area contributed by atoms with Gasteiger partial charge in [0.15, 0.2) is 11.6 Å². The number of aliphatic hydroxyl groups excluding tert-OH is 2. The molecule has 6 aromatic rings. The van der Waals surface area contributed by atoms with Gasteiger partial charge in [0, 0.05) is 21.9 Å². The van der Waals surface area contributed by atoms with Gasteiger partial charge >= 0.3 is 0 Å². The Hall–Kier alpha value is -3.26. The minimum Gasteiger partial charge on any atom is -0.506 e. The van der Waals surface area contributed by atoms with E-state index in [1.807, 2.05) is 0 Å². The summed E-state index contributed by atoms with van der Waals surface area (Å²) in [7, 11) is 0. The molecule has 0 radical (unpaired) electrons. The molecule has 2 unspecified atom stereocenters. The molecule has 0 aliphatic heterocycles. The minimum absolute atomic E-state index is 0.0293. The third kappa shape index (κ3) is 6.60. The average Bonchev–Trinajstić information content (AvgIpc) is 3.61. The number of rotatable bonds is 6. The number of aromatic hydroxyl groups is 2. The zero-order chi connectivity index (χ0) is 36.9. The summed E-state index contributed by atoms with van der Waals surface area (Å²) in [4.78, 5) is 26.1.